The smallest absolute Gasteiger partial charge is 0.126 e. The second-order valence-electron chi connectivity index (χ2n) is 6.19. The maximum Gasteiger partial charge on any atom is 0.126 e. The van der Waals surface area contributed by atoms with E-state index in [2.05, 4.69) is 53.3 Å². The quantitative estimate of drug-likeness (QED) is 0.887. The van der Waals surface area contributed by atoms with Crippen molar-refractivity contribution in [2.45, 2.75) is 51.2 Å². The number of hydrogen-bond donors (Lipinski definition) is 1. The number of rotatable bonds is 3. The van der Waals surface area contributed by atoms with Crippen molar-refractivity contribution in [3.05, 3.63) is 28.2 Å². The Morgan fingerprint density at radius 2 is 2.16 bits per heavy atom. The Kier molecular flexibility index (Phi) is 3.61. The number of nitrogens with one attached hydrogen (secondary N) is 1. The van der Waals surface area contributed by atoms with Crippen molar-refractivity contribution >= 4 is 15.9 Å². The van der Waals surface area contributed by atoms with Crippen LogP contribution in [-0.2, 0) is 0 Å². The summed E-state index contributed by atoms with van der Waals surface area (Å²) in [4.78, 5) is 0. The number of halogens is 1. The van der Waals surface area contributed by atoms with E-state index in [0.29, 0.717) is 6.04 Å². The standard InChI is InChI=1S/C16H22BrNO/c1-3-6-18-14-10-16(8-11(2)9-16)19-15-7-12(17)4-5-13(14)15/h4-5,7,11,14,18H,3,6,8-10H2,1-2H3. The second-order valence-corrected chi connectivity index (χ2v) is 7.11. The van der Waals surface area contributed by atoms with Gasteiger partial charge in [0.15, 0.2) is 0 Å². The summed E-state index contributed by atoms with van der Waals surface area (Å²) in [6.07, 6.45) is 4.69. The van der Waals surface area contributed by atoms with E-state index in [1.165, 1.54) is 24.8 Å². The molecule has 0 saturated heterocycles. The van der Waals surface area contributed by atoms with Crippen LogP contribution in [0.2, 0.25) is 0 Å². The molecule has 1 heterocycles. The predicted octanol–water partition coefficient (Wildman–Crippen LogP) is 4.44. The fourth-order valence-corrected chi connectivity index (χ4v) is 3.94. The van der Waals surface area contributed by atoms with Crippen LogP contribution in [0.25, 0.3) is 0 Å². The Morgan fingerprint density at radius 3 is 2.84 bits per heavy atom. The molecule has 1 aromatic carbocycles. The zero-order chi connectivity index (χ0) is 13.5. The van der Waals surface area contributed by atoms with Crippen LogP contribution in [0, 0.1) is 5.92 Å². The fraction of sp³-hybridized carbons (Fsp3) is 0.625. The molecule has 0 bridgehead atoms. The monoisotopic (exact) mass is 323 g/mol. The third-order valence-corrected chi connectivity index (χ3v) is 4.83. The largest absolute Gasteiger partial charge is 0.487 e. The Hall–Kier alpha value is -0.540. The first-order valence-corrected chi connectivity index (χ1v) is 8.13. The van der Waals surface area contributed by atoms with E-state index in [4.69, 9.17) is 4.74 Å². The summed E-state index contributed by atoms with van der Waals surface area (Å²) in [6, 6.07) is 6.88. The maximum absolute atomic E-state index is 6.35. The third kappa shape index (κ3) is 2.55. The summed E-state index contributed by atoms with van der Waals surface area (Å²) in [5.74, 6) is 1.88. The molecule has 1 fully saturated rings. The summed E-state index contributed by atoms with van der Waals surface area (Å²) in [5.41, 5.74) is 1.42. The van der Waals surface area contributed by atoms with Crippen LogP contribution < -0.4 is 10.1 Å². The molecule has 3 rings (SSSR count). The van der Waals surface area contributed by atoms with Crippen LogP contribution in [-0.4, -0.2) is 12.1 Å². The molecular weight excluding hydrogens is 302 g/mol. The zero-order valence-electron chi connectivity index (χ0n) is 11.7. The predicted molar refractivity (Wildman–Crippen MR) is 81.6 cm³/mol. The normalized spacial score (nSPS) is 32.6. The summed E-state index contributed by atoms with van der Waals surface area (Å²) in [6.45, 7) is 5.61. The van der Waals surface area contributed by atoms with Gasteiger partial charge >= 0.3 is 0 Å². The molecule has 2 nitrogen and oxygen atoms in total. The molecule has 1 aromatic rings. The molecule has 0 amide bonds. The minimum absolute atomic E-state index is 0.0959. The van der Waals surface area contributed by atoms with Gasteiger partial charge in [-0.1, -0.05) is 35.8 Å². The van der Waals surface area contributed by atoms with Gasteiger partial charge in [-0.2, -0.15) is 0 Å². The highest BCUT2D eigenvalue weighted by Crippen LogP contribution is 2.51. The molecule has 0 aromatic heterocycles. The first kappa shape index (κ1) is 13.4. The first-order chi connectivity index (χ1) is 9.12. The lowest BCUT2D eigenvalue weighted by molar-refractivity contribution is -0.0689. The molecule has 1 aliphatic carbocycles. The molecule has 0 radical (unpaired) electrons. The number of fused-ring (bicyclic) bond motifs is 1. The zero-order valence-corrected chi connectivity index (χ0v) is 13.3. The third-order valence-electron chi connectivity index (χ3n) is 4.34. The molecular formula is C16H22BrNO. The molecule has 2 aliphatic rings. The van der Waals surface area contributed by atoms with Crippen LogP contribution in [0.5, 0.6) is 5.75 Å². The average Bonchev–Trinajstić information content (AvgIpc) is 2.33. The molecule has 104 valence electrons. The summed E-state index contributed by atoms with van der Waals surface area (Å²) < 4.78 is 7.45. The van der Waals surface area contributed by atoms with Crippen molar-refractivity contribution in [1.82, 2.24) is 5.32 Å². The Balaban J connectivity index is 1.88. The molecule has 1 saturated carbocycles. The Labute approximate surface area is 124 Å². The van der Waals surface area contributed by atoms with Crippen LogP contribution in [0.15, 0.2) is 22.7 Å². The number of ether oxygens (including phenoxy) is 1. The van der Waals surface area contributed by atoms with E-state index in [1.807, 2.05) is 0 Å². The molecule has 19 heavy (non-hydrogen) atoms. The summed E-state index contributed by atoms with van der Waals surface area (Å²) >= 11 is 3.55. The van der Waals surface area contributed by atoms with E-state index in [0.717, 1.165) is 29.1 Å². The average molecular weight is 324 g/mol. The summed E-state index contributed by atoms with van der Waals surface area (Å²) in [5, 5.41) is 3.69. The highest BCUT2D eigenvalue weighted by Gasteiger charge is 2.48. The van der Waals surface area contributed by atoms with Gasteiger partial charge in [0.25, 0.3) is 0 Å². The van der Waals surface area contributed by atoms with Gasteiger partial charge in [-0.15, -0.1) is 0 Å². The van der Waals surface area contributed by atoms with Gasteiger partial charge in [-0.3, -0.25) is 0 Å². The number of benzene rings is 1. The Bertz CT molecular complexity index is 468. The van der Waals surface area contributed by atoms with Gasteiger partial charge in [0.2, 0.25) is 0 Å². The van der Waals surface area contributed by atoms with Gasteiger partial charge < -0.3 is 10.1 Å². The Morgan fingerprint density at radius 1 is 1.37 bits per heavy atom. The number of hydrogen-bond acceptors (Lipinski definition) is 2. The van der Waals surface area contributed by atoms with Crippen LogP contribution >= 0.6 is 15.9 Å². The van der Waals surface area contributed by atoms with Crippen LogP contribution in [0.4, 0.5) is 0 Å². The lowest BCUT2D eigenvalue weighted by Gasteiger charge is -2.51. The van der Waals surface area contributed by atoms with E-state index in [1.54, 1.807) is 0 Å². The van der Waals surface area contributed by atoms with E-state index >= 15 is 0 Å². The minimum Gasteiger partial charge on any atom is -0.487 e. The highest BCUT2D eigenvalue weighted by molar-refractivity contribution is 9.10. The molecule has 1 spiro atoms. The molecule has 1 N–H and O–H groups in total. The van der Waals surface area contributed by atoms with Gasteiger partial charge in [0, 0.05) is 22.5 Å². The van der Waals surface area contributed by atoms with E-state index in [9.17, 15) is 0 Å². The summed E-state index contributed by atoms with van der Waals surface area (Å²) in [7, 11) is 0. The first-order valence-electron chi connectivity index (χ1n) is 7.34. The van der Waals surface area contributed by atoms with E-state index in [-0.39, 0.29) is 5.60 Å². The molecule has 1 unspecified atom stereocenters. The molecule has 3 heteroatoms. The maximum atomic E-state index is 6.35. The van der Waals surface area contributed by atoms with Gasteiger partial charge in [-0.25, -0.2) is 0 Å². The van der Waals surface area contributed by atoms with Crippen molar-refractivity contribution in [2.24, 2.45) is 5.92 Å². The van der Waals surface area contributed by atoms with Crippen molar-refractivity contribution in [3.63, 3.8) is 0 Å². The van der Waals surface area contributed by atoms with Gasteiger partial charge in [0.1, 0.15) is 11.4 Å². The molecule has 1 atom stereocenters. The molecule has 1 aliphatic heterocycles. The topological polar surface area (TPSA) is 21.3 Å². The van der Waals surface area contributed by atoms with Gasteiger partial charge in [-0.05, 0) is 43.9 Å². The van der Waals surface area contributed by atoms with Crippen LogP contribution in [0.3, 0.4) is 0 Å². The van der Waals surface area contributed by atoms with E-state index < -0.39 is 0 Å². The SMILES string of the molecule is CCCNC1CC2(CC(C)C2)Oc2cc(Br)ccc21. The van der Waals surface area contributed by atoms with Crippen molar-refractivity contribution < 1.29 is 4.74 Å². The fourth-order valence-electron chi connectivity index (χ4n) is 3.60. The lowest BCUT2D eigenvalue weighted by atomic mass is 9.67. The van der Waals surface area contributed by atoms with Crippen molar-refractivity contribution in [2.75, 3.05) is 6.54 Å². The lowest BCUT2D eigenvalue weighted by Crippen LogP contribution is -2.52. The van der Waals surface area contributed by atoms with Crippen LogP contribution in [0.1, 0.15) is 51.1 Å². The van der Waals surface area contributed by atoms with Crippen molar-refractivity contribution in [1.29, 1.82) is 0 Å². The highest BCUT2D eigenvalue weighted by atomic mass is 79.9. The second kappa shape index (κ2) is 5.10. The van der Waals surface area contributed by atoms with Crippen molar-refractivity contribution in [3.8, 4) is 5.75 Å². The van der Waals surface area contributed by atoms with Gasteiger partial charge in [0.05, 0.1) is 0 Å². The minimum atomic E-state index is 0.0959.